The minimum Gasteiger partial charge on any atom is -0.491 e. The van der Waals surface area contributed by atoms with E-state index in [2.05, 4.69) is 25.8 Å². The summed E-state index contributed by atoms with van der Waals surface area (Å²) < 4.78 is 22.6. The van der Waals surface area contributed by atoms with Crippen molar-refractivity contribution in [3.8, 4) is 23.1 Å². The molecule has 1 atom stereocenters. The van der Waals surface area contributed by atoms with Crippen molar-refractivity contribution in [2.75, 3.05) is 6.61 Å². The Labute approximate surface area is 250 Å². The fraction of sp³-hybridized carbons (Fsp3) is 0.457. The van der Waals surface area contributed by atoms with Gasteiger partial charge in [0, 0.05) is 12.3 Å². The monoisotopic (exact) mass is 575 g/mol. The van der Waals surface area contributed by atoms with Gasteiger partial charge in [0.1, 0.15) is 17.2 Å². The molecule has 0 saturated heterocycles. The summed E-state index contributed by atoms with van der Waals surface area (Å²) in [4.78, 5) is 29.4. The Morgan fingerprint density at radius 2 is 1.17 bits per heavy atom. The largest absolute Gasteiger partial charge is 0.491 e. The Morgan fingerprint density at radius 1 is 0.643 bits per heavy atom. The lowest BCUT2D eigenvalue weighted by atomic mass is 10.1. The fourth-order valence-corrected chi connectivity index (χ4v) is 4.37. The standard InChI is InChI=1S/C35H45NO6/c1-4-6-8-10-11-13-25-39-33-24-17-29(26-36-33)35(38)42-31-18-15-28(16-19-31)34(37)41-32-22-20-30(21-23-32)40-27(3)14-12-9-7-5-2/h15-24,26-27H,4-14,25H2,1-3H3/t27-/m0/s1. The number of esters is 2. The Balaban J connectivity index is 1.41. The maximum Gasteiger partial charge on any atom is 0.345 e. The maximum absolute atomic E-state index is 12.6. The molecular weight excluding hydrogens is 530 g/mol. The first-order valence-corrected chi connectivity index (χ1v) is 15.4. The first-order valence-electron chi connectivity index (χ1n) is 15.4. The minimum absolute atomic E-state index is 0.132. The van der Waals surface area contributed by atoms with Crippen LogP contribution in [0.2, 0.25) is 0 Å². The molecule has 0 bridgehead atoms. The first-order chi connectivity index (χ1) is 20.5. The van der Waals surface area contributed by atoms with Crippen molar-refractivity contribution in [2.45, 2.75) is 97.5 Å². The number of ether oxygens (including phenoxy) is 4. The number of hydrogen-bond acceptors (Lipinski definition) is 7. The SMILES string of the molecule is CCCCCCCCOc1ccc(C(=O)Oc2ccc(C(=O)Oc3ccc(O[C@@H](C)CCCCCC)cc3)cc2)cn1. The van der Waals surface area contributed by atoms with Gasteiger partial charge in [-0.1, -0.05) is 65.2 Å². The molecular formula is C35H45NO6. The van der Waals surface area contributed by atoms with E-state index in [0.717, 1.165) is 31.4 Å². The molecule has 226 valence electrons. The fourth-order valence-electron chi connectivity index (χ4n) is 4.37. The lowest BCUT2D eigenvalue weighted by Gasteiger charge is -2.15. The lowest BCUT2D eigenvalue weighted by molar-refractivity contribution is 0.0730. The van der Waals surface area contributed by atoms with Crippen LogP contribution >= 0.6 is 0 Å². The van der Waals surface area contributed by atoms with Gasteiger partial charge in [0.15, 0.2) is 0 Å². The molecule has 0 saturated carbocycles. The van der Waals surface area contributed by atoms with Crippen LogP contribution < -0.4 is 18.9 Å². The summed E-state index contributed by atoms with van der Waals surface area (Å²) in [5.41, 5.74) is 0.646. The third kappa shape index (κ3) is 11.9. The molecule has 7 nitrogen and oxygen atoms in total. The van der Waals surface area contributed by atoms with Crippen molar-refractivity contribution >= 4 is 11.9 Å². The van der Waals surface area contributed by atoms with Gasteiger partial charge in [-0.15, -0.1) is 0 Å². The van der Waals surface area contributed by atoms with Crippen molar-refractivity contribution in [3.05, 3.63) is 78.0 Å². The van der Waals surface area contributed by atoms with Crippen molar-refractivity contribution in [1.29, 1.82) is 0 Å². The van der Waals surface area contributed by atoms with E-state index in [9.17, 15) is 9.59 Å². The smallest absolute Gasteiger partial charge is 0.345 e. The molecule has 1 aromatic heterocycles. The molecule has 7 heteroatoms. The van der Waals surface area contributed by atoms with Crippen LogP contribution in [-0.2, 0) is 0 Å². The summed E-state index contributed by atoms with van der Waals surface area (Å²) in [6.07, 6.45) is 14.6. The molecule has 1 heterocycles. The highest BCUT2D eigenvalue weighted by Crippen LogP contribution is 2.22. The number of rotatable bonds is 19. The molecule has 0 N–H and O–H groups in total. The highest BCUT2D eigenvalue weighted by molar-refractivity contribution is 5.92. The summed E-state index contributed by atoms with van der Waals surface area (Å²) >= 11 is 0. The molecule has 0 amide bonds. The van der Waals surface area contributed by atoms with Crippen molar-refractivity contribution in [2.24, 2.45) is 0 Å². The summed E-state index contributed by atoms with van der Waals surface area (Å²) in [6, 6.07) is 16.5. The van der Waals surface area contributed by atoms with E-state index in [1.165, 1.54) is 51.1 Å². The number of hydrogen-bond donors (Lipinski definition) is 0. The second kappa shape index (κ2) is 18.5. The molecule has 42 heavy (non-hydrogen) atoms. The van der Waals surface area contributed by atoms with E-state index >= 15 is 0 Å². The van der Waals surface area contributed by atoms with Gasteiger partial charge in [0.25, 0.3) is 0 Å². The number of nitrogens with zero attached hydrogens (tertiary/aromatic N) is 1. The molecule has 0 fully saturated rings. The molecule has 3 rings (SSSR count). The highest BCUT2D eigenvalue weighted by atomic mass is 16.5. The Bertz CT molecular complexity index is 1190. The van der Waals surface area contributed by atoms with Gasteiger partial charge in [-0.25, -0.2) is 14.6 Å². The van der Waals surface area contributed by atoms with Crippen LogP contribution in [0.5, 0.6) is 23.1 Å². The van der Waals surface area contributed by atoms with Crippen LogP contribution in [0.4, 0.5) is 0 Å². The van der Waals surface area contributed by atoms with Crippen LogP contribution in [0.15, 0.2) is 66.9 Å². The number of carbonyl (C=O) groups is 2. The zero-order valence-corrected chi connectivity index (χ0v) is 25.3. The zero-order valence-electron chi connectivity index (χ0n) is 25.3. The topological polar surface area (TPSA) is 84.0 Å². The van der Waals surface area contributed by atoms with Gasteiger partial charge < -0.3 is 18.9 Å². The van der Waals surface area contributed by atoms with Crippen molar-refractivity contribution in [3.63, 3.8) is 0 Å². The van der Waals surface area contributed by atoms with E-state index in [-0.39, 0.29) is 6.10 Å². The number of aromatic nitrogens is 1. The number of benzene rings is 2. The predicted molar refractivity (Wildman–Crippen MR) is 165 cm³/mol. The van der Waals surface area contributed by atoms with Crippen LogP contribution in [0.25, 0.3) is 0 Å². The molecule has 0 aliphatic carbocycles. The molecule has 0 aliphatic heterocycles. The van der Waals surface area contributed by atoms with Crippen LogP contribution in [-0.4, -0.2) is 29.6 Å². The second-order valence-corrected chi connectivity index (χ2v) is 10.6. The number of unbranched alkanes of at least 4 members (excludes halogenated alkanes) is 8. The van der Waals surface area contributed by atoms with E-state index < -0.39 is 11.9 Å². The van der Waals surface area contributed by atoms with Crippen LogP contribution in [0, 0.1) is 0 Å². The van der Waals surface area contributed by atoms with E-state index in [0.29, 0.717) is 35.1 Å². The van der Waals surface area contributed by atoms with Crippen LogP contribution in [0.1, 0.15) is 112 Å². The van der Waals surface area contributed by atoms with Crippen LogP contribution in [0.3, 0.4) is 0 Å². The Morgan fingerprint density at radius 3 is 1.79 bits per heavy atom. The summed E-state index contributed by atoms with van der Waals surface area (Å²) in [5, 5.41) is 0. The Hall–Kier alpha value is -3.87. The molecule has 0 aliphatic rings. The predicted octanol–water partition coefficient (Wildman–Crippen LogP) is 9.00. The maximum atomic E-state index is 12.6. The van der Waals surface area contributed by atoms with E-state index in [1.54, 1.807) is 60.7 Å². The first kappa shape index (κ1) is 32.6. The summed E-state index contributed by atoms with van der Waals surface area (Å²) in [5.74, 6) is 0.909. The molecule has 3 aromatic rings. The van der Waals surface area contributed by atoms with E-state index in [4.69, 9.17) is 18.9 Å². The summed E-state index contributed by atoms with van der Waals surface area (Å²) in [6.45, 7) is 7.09. The number of pyridine rings is 1. The van der Waals surface area contributed by atoms with Gasteiger partial charge in [0.05, 0.1) is 23.8 Å². The molecule has 0 radical (unpaired) electrons. The van der Waals surface area contributed by atoms with Gasteiger partial charge in [-0.05, 0) is 80.8 Å². The minimum atomic E-state index is -0.544. The zero-order chi connectivity index (χ0) is 30.0. The second-order valence-electron chi connectivity index (χ2n) is 10.6. The number of carbonyl (C=O) groups excluding carboxylic acids is 2. The highest BCUT2D eigenvalue weighted by Gasteiger charge is 2.13. The molecule has 2 aromatic carbocycles. The van der Waals surface area contributed by atoms with Gasteiger partial charge in [-0.3, -0.25) is 0 Å². The Kier molecular flexibility index (Phi) is 14.4. The third-order valence-electron chi connectivity index (χ3n) is 6.86. The van der Waals surface area contributed by atoms with Gasteiger partial charge >= 0.3 is 11.9 Å². The van der Waals surface area contributed by atoms with Gasteiger partial charge in [0.2, 0.25) is 5.88 Å². The quantitative estimate of drug-likeness (QED) is 0.0801. The van der Waals surface area contributed by atoms with Gasteiger partial charge in [-0.2, -0.15) is 0 Å². The average Bonchev–Trinajstić information content (AvgIpc) is 3.00. The normalized spacial score (nSPS) is 11.5. The summed E-state index contributed by atoms with van der Waals surface area (Å²) in [7, 11) is 0. The molecule has 0 spiro atoms. The third-order valence-corrected chi connectivity index (χ3v) is 6.86. The van der Waals surface area contributed by atoms with Crippen molar-refractivity contribution < 1.29 is 28.5 Å². The molecule has 0 unspecified atom stereocenters. The van der Waals surface area contributed by atoms with Crippen molar-refractivity contribution in [1.82, 2.24) is 4.98 Å². The average molecular weight is 576 g/mol. The lowest BCUT2D eigenvalue weighted by Crippen LogP contribution is -2.12. The van der Waals surface area contributed by atoms with E-state index in [1.807, 2.05) is 0 Å².